The fraction of sp³-hybridized carbons (Fsp3) is 0.364. The first-order valence-corrected chi connectivity index (χ1v) is 7.27. The number of nitrogens with one attached hydrogen (secondary N) is 1. The highest BCUT2D eigenvalue weighted by molar-refractivity contribution is 7.89. The summed E-state index contributed by atoms with van der Waals surface area (Å²) in [5.41, 5.74) is -0.263. The first kappa shape index (κ1) is 17.0. The molecule has 0 aliphatic carbocycles. The van der Waals surface area contributed by atoms with Gasteiger partial charge in [-0.3, -0.25) is 10.1 Å². The van der Waals surface area contributed by atoms with E-state index in [4.69, 9.17) is 5.11 Å². The number of hydrogen-bond acceptors (Lipinski definition) is 6. The number of nitro benzene ring substituents is 1. The smallest absolute Gasteiger partial charge is 0.329 e. The molecule has 0 saturated carbocycles. The van der Waals surface area contributed by atoms with E-state index in [0.717, 1.165) is 0 Å². The highest BCUT2D eigenvalue weighted by Crippen LogP contribution is 2.24. The largest absolute Gasteiger partial charge is 0.480 e. The normalized spacial score (nSPS) is 11.3. The van der Waals surface area contributed by atoms with Crippen molar-refractivity contribution < 1.29 is 28.0 Å². The van der Waals surface area contributed by atoms with E-state index in [-0.39, 0.29) is 29.3 Å². The topological polar surface area (TPSA) is 136 Å². The Bertz CT molecular complexity index is 642. The van der Waals surface area contributed by atoms with Crippen molar-refractivity contribution in [2.24, 2.45) is 0 Å². The number of nitro groups is 1. The molecule has 0 bridgehead atoms. The van der Waals surface area contributed by atoms with Crippen LogP contribution in [0.25, 0.3) is 0 Å². The Kier molecular flexibility index (Phi) is 5.76. The van der Waals surface area contributed by atoms with Gasteiger partial charge in [0.25, 0.3) is 5.69 Å². The van der Waals surface area contributed by atoms with E-state index in [9.17, 15) is 23.3 Å². The minimum absolute atomic E-state index is 0.0291. The Balaban J connectivity index is 2.77. The van der Waals surface area contributed by atoms with Crippen LogP contribution in [0.5, 0.6) is 0 Å². The number of sulfonamides is 1. The summed E-state index contributed by atoms with van der Waals surface area (Å²) in [5.74, 6) is -1.16. The molecule has 0 saturated heterocycles. The summed E-state index contributed by atoms with van der Waals surface area (Å²) in [4.78, 5) is 20.1. The number of carboxylic acid groups (broad SMARTS) is 1. The van der Waals surface area contributed by atoms with Gasteiger partial charge in [-0.05, 0) is 13.0 Å². The van der Waals surface area contributed by atoms with E-state index in [2.05, 4.69) is 9.46 Å². The number of rotatable bonds is 8. The zero-order chi connectivity index (χ0) is 16.0. The second-order valence-corrected chi connectivity index (χ2v) is 5.74. The maximum atomic E-state index is 12.0. The molecule has 1 rings (SSSR count). The Hall–Kier alpha value is -2.04. The fourth-order valence-corrected chi connectivity index (χ4v) is 2.85. The average molecular weight is 318 g/mol. The number of hydrogen-bond donors (Lipinski definition) is 2. The Morgan fingerprint density at radius 2 is 2.14 bits per heavy atom. The maximum Gasteiger partial charge on any atom is 0.329 e. The van der Waals surface area contributed by atoms with Gasteiger partial charge in [-0.1, -0.05) is 6.07 Å². The second kappa shape index (κ2) is 7.11. The third kappa shape index (κ3) is 4.77. The fourth-order valence-electron chi connectivity index (χ4n) is 1.58. The SMILES string of the molecule is Cc1c([N+](=O)[O-])cccc1S(=O)(=O)NCCOCC(=O)O. The van der Waals surface area contributed by atoms with Crippen molar-refractivity contribution in [2.45, 2.75) is 11.8 Å². The van der Waals surface area contributed by atoms with Gasteiger partial charge in [-0.25, -0.2) is 17.9 Å². The molecule has 0 aliphatic rings. The van der Waals surface area contributed by atoms with Crippen LogP contribution in [0.2, 0.25) is 0 Å². The van der Waals surface area contributed by atoms with E-state index in [1.54, 1.807) is 0 Å². The maximum absolute atomic E-state index is 12.0. The van der Waals surface area contributed by atoms with Crippen LogP contribution in [0.1, 0.15) is 5.56 Å². The first-order valence-electron chi connectivity index (χ1n) is 5.79. The molecule has 116 valence electrons. The number of aliphatic carboxylic acids is 1. The van der Waals surface area contributed by atoms with Crippen LogP contribution >= 0.6 is 0 Å². The van der Waals surface area contributed by atoms with Gasteiger partial charge >= 0.3 is 5.97 Å². The van der Waals surface area contributed by atoms with Crippen molar-refractivity contribution in [1.29, 1.82) is 0 Å². The van der Waals surface area contributed by atoms with Crippen LogP contribution in [0.15, 0.2) is 23.1 Å². The summed E-state index contributed by atoms with van der Waals surface area (Å²) in [5, 5.41) is 19.1. The van der Waals surface area contributed by atoms with Crippen molar-refractivity contribution in [3.8, 4) is 0 Å². The van der Waals surface area contributed by atoms with Gasteiger partial charge in [0.05, 0.1) is 16.4 Å². The zero-order valence-corrected chi connectivity index (χ0v) is 11.9. The molecule has 0 aliphatic heterocycles. The summed E-state index contributed by atoms with van der Waals surface area (Å²) in [6, 6.07) is 3.74. The van der Waals surface area contributed by atoms with Crippen LogP contribution in [-0.2, 0) is 19.6 Å². The Morgan fingerprint density at radius 1 is 1.48 bits per heavy atom. The van der Waals surface area contributed by atoms with Crippen LogP contribution in [-0.4, -0.2) is 44.2 Å². The van der Waals surface area contributed by atoms with Crippen LogP contribution in [0.3, 0.4) is 0 Å². The van der Waals surface area contributed by atoms with Gasteiger partial charge in [0.15, 0.2) is 0 Å². The molecular formula is C11H14N2O7S. The molecule has 2 N–H and O–H groups in total. The summed E-state index contributed by atoms with van der Waals surface area (Å²) in [6.07, 6.45) is 0. The van der Waals surface area contributed by atoms with Crippen molar-refractivity contribution in [3.05, 3.63) is 33.9 Å². The molecule has 9 nitrogen and oxygen atoms in total. The molecule has 0 heterocycles. The number of carbonyl (C=O) groups is 1. The van der Waals surface area contributed by atoms with Gasteiger partial charge in [-0.15, -0.1) is 0 Å². The molecule has 0 fully saturated rings. The highest BCUT2D eigenvalue weighted by atomic mass is 32.2. The predicted molar refractivity (Wildman–Crippen MR) is 71.5 cm³/mol. The monoisotopic (exact) mass is 318 g/mol. The second-order valence-electron chi connectivity index (χ2n) is 4.00. The Labute approximate surface area is 120 Å². The third-order valence-electron chi connectivity index (χ3n) is 2.51. The lowest BCUT2D eigenvalue weighted by Gasteiger charge is -2.09. The quantitative estimate of drug-likeness (QED) is 0.399. The van der Waals surface area contributed by atoms with Crippen molar-refractivity contribution in [1.82, 2.24) is 4.72 Å². The molecule has 0 aromatic heterocycles. The minimum atomic E-state index is -3.93. The molecule has 21 heavy (non-hydrogen) atoms. The Morgan fingerprint density at radius 3 is 2.71 bits per heavy atom. The zero-order valence-electron chi connectivity index (χ0n) is 11.1. The first-order chi connectivity index (χ1) is 9.75. The molecule has 0 unspecified atom stereocenters. The van der Waals surface area contributed by atoms with Crippen LogP contribution in [0, 0.1) is 17.0 Å². The predicted octanol–water partition coefficient (Wildman–Crippen LogP) is 0.283. The summed E-state index contributed by atoms with van der Waals surface area (Å²) < 4.78 is 30.9. The molecule has 0 amide bonds. The lowest BCUT2D eigenvalue weighted by molar-refractivity contribution is -0.385. The number of ether oxygens (including phenoxy) is 1. The number of carboxylic acids is 1. The van der Waals surface area contributed by atoms with E-state index < -0.39 is 27.5 Å². The van der Waals surface area contributed by atoms with E-state index >= 15 is 0 Å². The number of benzene rings is 1. The average Bonchev–Trinajstić information content (AvgIpc) is 2.37. The third-order valence-corrected chi connectivity index (χ3v) is 4.11. The standard InChI is InChI=1S/C11H14N2O7S/c1-8-9(13(16)17)3-2-4-10(8)21(18,19)12-5-6-20-7-11(14)15/h2-4,12H,5-7H2,1H3,(H,14,15). The van der Waals surface area contributed by atoms with Gasteiger partial charge < -0.3 is 9.84 Å². The highest BCUT2D eigenvalue weighted by Gasteiger charge is 2.22. The molecule has 0 radical (unpaired) electrons. The van der Waals surface area contributed by atoms with Crippen LogP contribution < -0.4 is 4.72 Å². The molecule has 10 heteroatoms. The van der Waals surface area contributed by atoms with Crippen LogP contribution in [0.4, 0.5) is 5.69 Å². The van der Waals surface area contributed by atoms with Gasteiger partial charge in [0.1, 0.15) is 6.61 Å². The summed E-state index contributed by atoms with van der Waals surface area (Å²) in [7, 11) is -3.93. The van der Waals surface area contributed by atoms with E-state index in [1.165, 1.54) is 25.1 Å². The number of nitrogens with zero attached hydrogens (tertiary/aromatic N) is 1. The van der Waals surface area contributed by atoms with Gasteiger partial charge in [0.2, 0.25) is 10.0 Å². The molecular weight excluding hydrogens is 304 g/mol. The van der Waals surface area contributed by atoms with Crippen molar-refractivity contribution in [2.75, 3.05) is 19.8 Å². The summed E-state index contributed by atoms with van der Waals surface area (Å²) >= 11 is 0. The lowest BCUT2D eigenvalue weighted by atomic mass is 10.2. The molecule has 1 aromatic carbocycles. The van der Waals surface area contributed by atoms with Gasteiger partial charge in [-0.2, -0.15) is 0 Å². The van der Waals surface area contributed by atoms with Crippen molar-refractivity contribution in [3.63, 3.8) is 0 Å². The van der Waals surface area contributed by atoms with Gasteiger partial charge in [0, 0.05) is 18.2 Å². The van der Waals surface area contributed by atoms with E-state index in [1.807, 2.05) is 0 Å². The molecule has 1 aromatic rings. The van der Waals surface area contributed by atoms with E-state index in [0.29, 0.717) is 0 Å². The minimum Gasteiger partial charge on any atom is -0.480 e. The summed E-state index contributed by atoms with van der Waals surface area (Å²) in [6.45, 7) is 0.544. The molecule has 0 atom stereocenters. The van der Waals surface area contributed by atoms with Crippen molar-refractivity contribution >= 4 is 21.7 Å². The lowest BCUT2D eigenvalue weighted by Crippen LogP contribution is -2.28. The molecule has 0 spiro atoms.